The van der Waals surface area contributed by atoms with Gasteiger partial charge in [0.05, 0.1) is 4.70 Å². The third-order valence-corrected chi connectivity index (χ3v) is 6.74. The summed E-state index contributed by atoms with van der Waals surface area (Å²) in [7, 11) is 0. The fourth-order valence-electron chi connectivity index (χ4n) is 3.10. The Morgan fingerprint density at radius 3 is 2.45 bits per heavy atom. The van der Waals surface area contributed by atoms with E-state index in [1.54, 1.807) is 0 Å². The quantitative estimate of drug-likeness (QED) is 0.346. The number of halogens is 3. The zero-order valence-corrected chi connectivity index (χ0v) is 17.3. The number of carbonyl (C=O) groups is 2. The molecule has 0 fully saturated rings. The fraction of sp³-hybridized carbons (Fsp3) is 0.0476. The number of rotatable bonds is 4. The van der Waals surface area contributed by atoms with E-state index in [9.17, 15) is 33.0 Å². The normalized spacial score (nSPS) is 11.1. The van der Waals surface area contributed by atoms with Crippen LogP contribution in [0, 0.1) is 24.4 Å². The molecule has 4 rings (SSSR count). The van der Waals surface area contributed by atoms with Crippen molar-refractivity contribution in [3.8, 4) is 16.9 Å². The second-order valence-corrected chi connectivity index (χ2v) is 8.47. The lowest BCUT2D eigenvalue weighted by molar-refractivity contribution is 0.0699. The first-order valence-electron chi connectivity index (χ1n) is 8.71. The van der Waals surface area contributed by atoms with Gasteiger partial charge in [0.25, 0.3) is 5.91 Å². The van der Waals surface area contributed by atoms with Gasteiger partial charge in [-0.25, -0.2) is 18.0 Å². The van der Waals surface area contributed by atoms with Crippen LogP contribution >= 0.6 is 22.7 Å². The number of thiophene rings is 2. The van der Waals surface area contributed by atoms with Gasteiger partial charge < -0.3 is 15.5 Å². The number of nitrogens with one attached hydrogen (secondary N) is 1. The predicted octanol–water partition coefficient (Wildman–Crippen LogP) is 6.01. The molecule has 0 spiro atoms. The van der Waals surface area contributed by atoms with Crippen LogP contribution in [0.1, 0.15) is 25.6 Å². The van der Waals surface area contributed by atoms with Gasteiger partial charge in [-0.1, -0.05) is 18.2 Å². The van der Waals surface area contributed by atoms with E-state index in [1.807, 2.05) is 0 Å². The average molecular weight is 463 g/mol. The van der Waals surface area contributed by atoms with Crippen LogP contribution in [0.25, 0.3) is 21.2 Å². The highest BCUT2D eigenvalue weighted by Gasteiger charge is 2.26. The third kappa shape index (κ3) is 3.43. The predicted molar refractivity (Wildman–Crippen MR) is 113 cm³/mol. The summed E-state index contributed by atoms with van der Waals surface area (Å²) in [5.41, 5.74) is -0.721. The summed E-state index contributed by atoms with van der Waals surface area (Å²) in [5.74, 6) is -5.66. The number of carboxylic acid groups (broad SMARTS) is 1. The highest BCUT2D eigenvalue weighted by molar-refractivity contribution is 7.21. The van der Waals surface area contributed by atoms with Gasteiger partial charge >= 0.3 is 5.97 Å². The van der Waals surface area contributed by atoms with Gasteiger partial charge in [-0.2, -0.15) is 0 Å². The molecule has 0 aliphatic heterocycles. The van der Waals surface area contributed by atoms with Crippen LogP contribution in [0.2, 0.25) is 0 Å². The van der Waals surface area contributed by atoms with E-state index in [2.05, 4.69) is 5.32 Å². The average Bonchev–Trinajstić information content (AvgIpc) is 3.29. The maximum Gasteiger partial charge on any atom is 0.339 e. The lowest BCUT2D eigenvalue weighted by Gasteiger charge is -2.08. The van der Waals surface area contributed by atoms with E-state index < -0.39 is 40.6 Å². The number of hydrogen-bond donors (Lipinski definition) is 3. The highest BCUT2D eigenvalue weighted by atomic mass is 32.1. The van der Waals surface area contributed by atoms with Gasteiger partial charge in [-0.05, 0) is 24.6 Å². The Balaban J connectivity index is 1.76. The van der Waals surface area contributed by atoms with E-state index in [4.69, 9.17) is 0 Å². The van der Waals surface area contributed by atoms with Crippen molar-refractivity contribution in [3.05, 3.63) is 69.2 Å². The summed E-state index contributed by atoms with van der Waals surface area (Å²) in [4.78, 5) is 24.3. The van der Waals surface area contributed by atoms with Crippen LogP contribution in [-0.4, -0.2) is 22.1 Å². The number of amides is 1. The van der Waals surface area contributed by atoms with Crippen molar-refractivity contribution in [2.45, 2.75) is 6.92 Å². The third-order valence-electron chi connectivity index (χ3n) is 4.65. The molecule has 2 heterocycles. The zero-order chi connectivity index (χ0) is 22.4. The molecule has 158 valence electrons. The number of aromatic hydroxyl groups is 1. The molecule has 4 aromatic rings. The molecule has 0 aliphatic carbocycles. The van der Waals surface area contributed by atoms with Gasteiger partial charge in [0.2, 0.25) is 0 Å². The lowest BCUT2D eigenvalue weighted by atomic mass is 10.0. The van der Waals surface area contributed by atoms with Crippen molar-refractivity contribution in [1.82, 2.24) is 0 Å². The summed E-state index contributed by atoms with van der Waals surface area (Å²) < 4.78 is 42.4. The minimum Gasteiger partial charge on any atom is -0.506 e. The molecule has 2 aromatic carbocycles. The van der Waals surface area contributed by atoms with Crippen molar-refractivity contribution in [1.29, 1.82) is 0 Å². The molecular weight excluding hydrogens is 451 g/mol. The maximum atomic E-state index is 14.4. The van der Waals surface area contributed by atoms with Gasteiger partial charge in [-0.15, -0.1) is 22.7 Å². The molecule has 0 bridgehead atoms. The Morgan fingerprint density at radius 2 is 1.77 bits per heavy atom. The Hall–Kier alpha value is -3.37. The Morgan fingerprint density at radius 1 is 1.03 bits per heavy atom. The van der Waals surface area contributed by atoms with Gasteiger partial charge in [-0.3, -0.25) is 4.79 Å². The molecule has 5 nitrogen and oxygen atoms in total. The van der Waals surface area contributed by atoms with Crippen LogP contribution in [-0.2, 0) is 0 Å². The van der Waals surface area contributed by atoms with Crippen LogP contribution in [0.4, 0.5) is 18.2 Å². The first-order valence-corrected chi connectivity index (χ1v) is 10.4. The number of carbonyl (C=O) groups excluding carboxylic acids is 1. The summed E-state index contributed by atoms with van der Waals surface area (Å²) in [5, 5.41) is 23.6. The number of fused-ring (bicyclic) bond motifs is 1. The van der Waals surface area contributed by atoms with Gasteiger partial charge in [0, 0.05) is 21.9 Å². The first kappa shape index (κ1) is 20.9. The van der Waals surface area contributed by atoms with Gasteiger partial charge in [0.1, 0.15) is 27.0 Å². The Labute approximate surface area is 181 Å². The van der Waals surface area contributed by atoms with Crippen molar-refractivity contribution in [2.75, 3.05) is 5.32 Å². The first-order chi connectivity index (χ1) is 14.7. The molecule has 0 unspecified atom stereocenters. The van der Waals surface area contributed by atoms with E-state index >= 15 is 0 Å². The van der Waals surface area contributed by atoms with Crippen LogP contribution in [0.5, 0.6) is 5.75 Å². The van der Waals surface area contributed by atoms with E-state index in [0.717, 1.165) is 11.3 Å². The molecule has 0 aliphatic rings. The van der Waals surface area contributed by atoms with Gasteiger partial charge in [0.15, 0.2) is 11.6 Å². The Kier molecular flexibility index (Phi) is 5.19. The zero-order valence-electron chi connectivity index (χ0n) is 15.6. The smallest absolute Gasteiger partial charge is 0.339 e. The van der Waals surface area contributed by atoms with Crippen molar-refractivity contribution >= 4 is 49.6 Å². The maximum absolute atomic E-state index is 14.4. The lowest BCUT2D eigenvalue weighted by Crippen LogP contribution is -2.12. The second-order valence-electron chi connectivity index (χ2n) is 6.57. The number of benzene rings is 2. The Bertz CT molecular complexity index is 1380. The number of hydrogen-bond acceptors (Lipinski definition) is 5. The molecule has 0 atom stereocenters. The molecule has 0 saturated carbocycles. The standard InChI is InChI=1S/C21H12F3NO4S2/c1-8-5-6-9(15(24)14(8)23)11-7-30-20(13(11)21(28)29)25-19(27)18-16(26)10-3-2-4-12(22)17(10)31-18/h2-7,26H,1H3,(H,25,27)(H,28,29). The number of anilines is 1. The van der Waals surface area contributed by atoms with Crippen LogP contribution < -0.4 is 5.32 Å². The SMILES string of the molecule is Cc1ccc(-c2csc(NC(=O)c3sc4c(F)cccc4c3O)c2C(=O)O)c(F)c1F. The van der Waals surface area contributed by atoms with Crippen molar-refractivity contribution in [3.63, 3.8) is 0 Å². The molecule has 10 heteroatoms. The second kappa shape index (κ2) is 7.71. The monoisotopic (exact) mass is 463 g/mol. The topological polar surface area (TPSA) is 86.6 Å². The summed E-state index contributed by atoms with van der Waals surface area (Å²) >= 11 is 1.52. The molecule has 3 N–H and O–H groups in total. The summed E-state index contributed by atoms with van der Waals surface area (Å²) in [6.45, 7) is 1.37. The fourth-order valence-corrected chi connectivity index (χ4v) is 5.04. The molecule has 1 amide bonds. The number of carboxylic acids is 1. The summed E-state index contributed by atoms with van der Waals surface area (Å²) in [6, 6.07) is 6.59. The number of aryl methyl sites for hydroxylation is 1. The molecule has 0 radical (unpaired) electrons. The molecule has 0 saturated heterocycles. The largest absolute Gasteiger partial charge is 0.506 e. The minimum absolute atomic E-state index is 0.0642. The molecular formula is C21H12F3NO4S2. The summed E-state index contributed by atoms with van der Waals surface area (Å²) in [6.07, 6.45) is 0. The molecule has 31 heavy (non-hydrogen) atoms. The van der Waals surface area contributed by atoms with Crippen molar-refractivity contribution in [2.24, 2.45) is 0 Å². The van der Waals surface area contributed by atoms with Crippen molar-refractivity contribution < 1.29 is 33.0 Å². The van der Waals surface area contributed by atoms with Crippen LogP contribution in [0.3, 0.4) is 0 Å². The van der Waals surface area contributed by atoms with E-state index in [0.29, 0.717) is 11.3 Å². The highest BCUT2D eigenvalue weighted by Crippen LogP contribution is 2.41. The minimum atomic E-state index is -1.46. The van der Waals surface area contributed by atoms with E-state index in [-0.39, 0.29) is 36.7 Å². The van der Waals surface area contributed by atoms with Crippen LogP contribution in [0.15, 0.2) is 35.7 Å². The van der Waals surface area contributed by atoms with E-state index in [1.165, 1.54) is 42.6 Å². The molecule has 2 aromatic heterocycles. The number of aromatic carboxylic acids is 1.